The zero-order chi connectivity index (χ0) is 20.5. The first kappa shape index (κ1) is 23.1. The molecule has 0 aromatic heterocycles. The number of ether oxygens (including phenoxy) is 2. The van der Waals surface area contributed by atoms with Crippen LogP contribution in [0.4, 0.5) is 0 Å². The average Bonchev–Trinajstić information content (AvgIpc) is 2.62. The van der Waals surface area contributed by atoms with Gasteiger partial charge in [0.2, 0.25) is 0 Å². The van der Waals surface area contributed by atoms with Gasteiger partial charge < -0.3 is 45.0 Å². The SMILES string of the molecule is CC1[C@@H](OP(=O)(O)O[C@@H]2O[C@H](CO)C(O)C(O)[C@H]2C)OC(CO)[C@@H](O)[C@@H]1O. The first-order chi connectivity index (χ1) is 12.5. The van der Waals surface area contributed by atoms with Gasteiger partial charge in [0, 0.05) is 11.8 Å². The van der Waals surface area contributed by atoms with Crippen LogP contribution in [0, 0.1) is 11.8 Å². The Balaban J connectivity index is 2.06. The van der Waals surface area contributed by atoms with E-state index in [0.29, 0.717) is 0 Å². The van der Waals surface area contributed by atoms with Crippen molar-refractivity contribution in [3.05, 3.63) is 0 Å². The Labute approximate surface area is 155 Å². The maximum absolute atomic E-state index is 12.3. The molecule has 5 unspecified atom stereocenters. The molecular weight excluding hydrogens is 391 g/mol. The van der Waals surface area contributed by atoms with Crippen LogP contribution < -0.4 is 0 Å². The Morgan fingerprint density at radius 3 is 1.41 bits per heavy atom. The molecule has 2 heterocycles. The van der Waals surface area contributed by atoms with E-state index in [9.17, 15) is 40.1 Å². The molecule has 2 rings (SSSR count). The molecular formula is C14H27O12P. The van der Waals surface area contributed by atoms with Gasteiger partial charge in [-0.3, -0.25) is 9.05 Å². The van der Waals surface area contributed by atoms with Crippen molar-refractivity contribution in [2.45, 2.75) is 63.1 Å². The minimum Gasteiger partial charge on any atom is -0.394 e. The lowest BCUT2D eigenvalue weighted by Gasteiger charge is -2.42. The first-order valence-corrected chi connectivity index (χ1v) is 9.96. The number of aliphatic hydroxyl groups is 6. The highest BCUT2D eigenvalue weighted by Gasteiger charge is 2.48. The summed E-state index contributed by atoms with van der Waals surface area (Å²) in [5.41, 5.74) is 0. The molecule has 0 aliphatic carbocycles. The summed E-state index contributed by atoms with van der Waals surface area (Å²) in [7, 11) is -4.87. The molecule has 13 heteroatoms. The lowest BCUT2D eigenvalue weighted by molar-refractivity contribution is -0.276. The molecule has 0 aromatic rings. The molecule has 2 saturated heterocycles. The van der Waals surface area contributed by atoms with Crippen molar-refractivity contribution in [3.63, 3.8) is 0 Å². The molecule has 0 aromatic carbocycles. The first-order valence-electron chi connectivity index (χ1n) is 8.47. The standard InChI is InChI=1S/C14H27O12P/c1-5-9(17)11(19)7(3-15)23-13(5)25-27(21,22)26-14-6(2)10(18)12(20)8(4-16)24-14/h5-20H,3-4H2,1-2H3,(H,21,22)/t5-,6?,7-,8?,9?,10-,11?,12-,13+,14-/m1/s1. The van der Waals surface area contributed by atoms with Crippen molar-refractivity contribution < 1.29 is 58.6 Å². The summed E-state index contributed by atoms with van der Waals surface area (Å²) in [6.45, 7) is 1.47. The number of hydrogen-bond donors (Lipinski definition) is 7. The van der Waals surface area contributed by atoms with Gasteiger partial charge in [0.1, 0.15) is 24.4 Å². The number of phosphoric acid groups is 1. The molecule has 160 valence electrons. The molecule has 2 fully saturated rings. The van der Waals surface area contributed by atoms with E-state index in [1.807, 2.05) is 0 Å². The average molecular weight is 418 g/mol. The fraction of sp³-hybridized carbons (Fsp3) is 1.00. The molecule has 0 spiro atoms. The molecule has 0 radical (unpaired) electrons. The summed E-state index contributed by atoms with van der Waals surface area (Å²) in [6.07, 6.45) is -11.0. The van der Waals surface area contributed by atoms with Crippen molar-refractivity contribution in [2.24, 2.45) is 11.8 Å². The maximum atomic E-state index is 12.3. The smallest absolute Gasteiger partial charge is 0.394 e. The molecule has 7 N–H and O–H groups in total. The van der Waals surface area contributed by atoms with E-state index in [0.717, 1.165) is 0 Å². The highest BCUT2D eigenvalue weighted by Crippen LogP contribution is 2.50. The molecule has 0 saturated carbocycles. The quantitative estimate of drug-likeness (QED) is 0.220. The van der Waals surface area contributed by atoms with Crippen LogP contribution in [-0.2, 0) is 23.1 Å². The predicted molar refractivity (Wildman–Crippen MR) is 85.8 cm³/mol. The van der Waals surface area contributed by atoms with E-state index in [4.69, 9.17) is 18.5 Å². The van der Waals surface area contributed by atoms with E-state index in [1.165, 1.54) is 13.8 Å². The predicted octanol–water partition coefficient (Wildman–Crippen LogP) is -2.73. The second kappa shape index (κ2) is 9.08. The van der Waals surface area contributed by atoms with Crippen molar-refractivity contribution in [1.29, 1.82) is 0 Å². The van der Waals surface area contributed by atoms with Gasteiger partial charge in [-0.25, -0.2) is 4.57 Å². The molecule has 0 bridgehead atoms. The van der Waals surface area contributed by atoms with Crippen LogP contribution in [0.25, 0.3) is 0 Å². The number of aliphatic hydroxyl groups excluding tert-OH is 6. The third-order valence-corrected chi connectivity index (χ3v) is 5.80. The fourth-order valence-corrected chi connectivity index (χ4v) is 4.03. The van der Waals surface area contributed by atoms with Gasteiger partial charge in [-0.2, -0.15) is 0 Å². The highest BCUT2D eigenvalue weighted by atomic mass is 31.2. The highest BCUT2D eigenvalue weighted by molar-refractivity contribution is 7.47. The third-order valence-electron chi connectivity index (χ3n) is 4.85. The van der Waals surface area contributed by atoms with Crippen LogP contribution in [0.1, 0.15) is 13.8 Å². The summed E-state index contributed by atoms with van der Waals surface area (Å²) >= 11 is 0. The number of phosphoric ester groups is 1. The Morgan fingerprint density at radius 1 is 0.778 bits per heavy atom. The second-order valence-corrected chi connectivity index (χ2v) is 8.17. The summed E-state index contributed by atoms with van der Waals surface area (Å²) in [5, 5.41) is 57.8. The van der Waals surface area contributed by atoms with Gasteiger partial charge in [-0.15, -0.1) is 0 Å². The van der Waals surface area contributed by atoms with Gasteiger partial charge in [0.25, 0.3) is 0 Å². The monoisotopic (exact) mass is 418 g/mol. The summed E-state index contributed by atoms with van der Waals surface area (Å²) in [4.78, 5) is 10.0. The van der Waals surface area contributed by atoms with Gasteiger partial charge in [0.15, 0.2) is 12.6 Å². The van der Waals surface area contributed by atoms with Crippen LogP contribution >= 0.6 is 7.82 Å². The van der Waals surface area contributed by atoms with Crippen molar-refractivity contribution in [3.8, 4) is 0 Å². The van der Waals surface area contributed by atoms with Gasteiger partial charge in [-0.1, -0.05) is 13.8 Å². The van der Waals surface area contributed by atoms with Crippen LogP contribution in [0.5, 0.6) is 0 Å². The van der Waals surface area contributed by atoms with Crippen LogP contribution in [0.3, 0.4) is 0 Å². The van der Waals surface area contributed by atoms with E-state index >= 15 is 0 Å². The largest absolute Gasteiger partial charge is 0.476 e. The number of hydrogen-bond acceptors (Lipinski definition) is 11. The Bertz CT molecular complexity index is 488. The molecule has 2 aliphatic rings. The van der Waals surface area contributed by atoms with E-state index in [2.05, 4.69) is 0 Å². The van der Waals surface area contributed by atoms with Crippen LogP contribution in [0.15, 0.2) is 0 Å². The summed E-state index contributed by atoms with van der Waals surface area (Å²) in [6, 6.07) is 0. The minimum absolute atomic E-state index is 0.660. The summed E-state index contributed by atoms with van der Waals surface area (Å²) in [5.74, 6) is -1.87. The second-order valence-electron chi connectivity index (χ2n) is 6.81. The molecule has 12 nitrogen and oxygen atoms in total. The molecule has 0 amide bonds. The van der Waals surface area contributed by atoms with Crippen molar-refractivity contribution >= 4 is 7.82 Å². The van der Waals surface area contributed by atoms with Gasteiger partial charge >= 0.3 is 7.82 Å². The van der Waals surface area contributed by atoms with Crippen molar-refractivity contribution in [1.82, 2.24) is 0 Å². The Hall–Kier alpha value is -0.210. The third kappa shape index (κ3) is 5.04. The zero-order valence-corrected chi connectivity index (χ0v) is 15.7. The zero-order valence-electron chi connectivity index (χ0n) is 14.8. The van der Waals surface area contributed by atoms with Gasteiger partial charge in [-0.05, 0) is 0 Å². The minimum atomic E-state index is -4.87. The van der Waals surface area contributed by atoms with Gasteiger partial charge in [0.05, 0.1) is 25.4 Å². The Morgan fingerprint density at radius 2 is 1.11 bits per heavy atom. The molecule has 2 aliphatic heterocycles. The van der Waals surface area contributed by atoms with Crippen LogP contribution in [-0.4, -0.2) is 98.0 Å². The fourth-order valence-electron chi connectivity index (χ4n) is 2.97. The van der Waals surface area contributed by atoms with E-state index in [1.54, 1.807) is 0 Å². The van der Waals surface area contributed by atoms with E-state index in [-0.39, 0.29) is 0 Å². The van der Waals surface area contributed by atoms with E-state index < -0.39 is 82.1 Å². The summed E-state index contributed by atoms with van der Waals surface area (Å²) < 4.78 is 32.6. The lowest BCUT2D eigenvalue weighted by Crippen LogP contribution is -2.56. The Kier molecular flexibility index (Phi) is 7.76. The van der Waals surface area contributed by atoms with Crippen LogP contribution in [0.2, 0.25) is 0 Å². The lowest BCUT2D eigenvalue weighted by atomic mass is 9.93. The maximum Gasteiger partial charge on any atom is 0.476 e. The van der Waals surface area contributed by atoms with Crippen molar-refractivity contribution in [2.75, 3.05) is 13.2 Å². The number of rotatable bonds is 6. The molecule has 11 atom stereocenters. The topological polar surface area (TPSA) is 196 Å². The molecule has 27 heavy (non-hydrogen) atoms. The normalized spacial score (nSPS) is 48.2.